The summed E-state index contributed by atoms with van der Waals surface area (Å²) in [6.45, 7) is -0.163. The molecule has 1 heterocycles. The highest BCUT2D eigenvalue weighted by Crippen LogP contribution is 2.25. The number of carboxylic acids is 1. The van der Waals surface area contributed by atoms with Crippen molar-refractivity contribution in [1.29, 1.82) is 0 Å². The van der Waals surface area contributed by atoms with E-state index in [0.717, 1.165) is 12.3 Å². The molecule has 0 spiro atoms. The molecular weight excluding hydrogens is 294 g/mol. The molecule has 3 N–H and O–H groups in total. The lowest BCUT2D eigenvalue weighted by Gasteiger charge is -2.07. The van der Waals surface area contributed by atoms with E-state index in [4.69, 9.17) is 21.8 Å². The second-order valence-corrected chi connectivity index (χ2v) is 4.01. The first kappa shape index (κ1) is 15.8. The fraction of sp³-hybridized carbons (Fsp3) is 0.300. The number of amides is 1. The molecule has 0 aliphatic rings. The van der Waals surface area contributed by atoms with Crippen molar-refractivity contribution < 1.29 is 24.7 Å². The standard InChI is InChI=1S/C10H10ClN3O6/c11-8-7(14(19)20)5(1-3-12-8)9(16)13-4-2-6(15)10(17)18/h1,3,6,15H,2,4H2,(H,13,16)(H,17,18). The summed E-state index contributed by atoms with van der Waals surface area (Å²) in [7, 11) is 0. The molecule has 0 radical (unpaired) electrons. The molecule has 9 nitrogen and oxygen atoms in total. The second kappa shape index (κ2) is 6.78. The van der Waals surface area contributed by atoms with E-state index in [0.29, 0.717) is 0 Å². The summed E-state index contributed by atoms with van der Waals surface area (Å²) in [5, 5.41) is 30.1. The largest absolute Gasteiger partial charge is 0.479 e. The second-order valence-electron chi connectivity index (χ2n) is 3.65. The van der Waals surface area contributed by atoms with E-state index in [1.165, 1.54) is 0 Å². The van der Waals surface area contributed by atoms with Crippen LogP contribution in [0.2, 0.25) is 5.15 Å². The first-order valence-electron chi connectivity index (χ1n) is 5.32. The molecule has 0 aliphatic heterocycles. The maximum Gasteiger partial charge on any atom is 0.332 e. The Labute approximate surface area is 117 Å². The third-order valence-electron chi connectivity index (χ3n) is 2.30. The van der Waals surface area contributed by atoms with Gasteiger partial charge in [0.15, 0.2) is 6.10 Å². The summed E-state index contributed by atoms with van der Waals surface area (Å²) in [6.07, 6.45) is -0.712. The van der Waals surface area contributed by atoms with Gasteiger partial charge in [0, 0.05) is 19.2 Å². The third kappa shape index (κ3) is 3.87. The molecule has 0 saturated heterocycles. The molecule has 1 aromatic heterocycles. The maximum atomic E-state index is 11.7. The van der Waals surface area contributed by atoms with Crippen molar-refractivity contribution in [2.45, 2.75) is 12.5 Å². The van der Waals surface area contributed by atoms with Crippen LogP contribution in [0.25, 0.3) is 0 Å². The summed E-state index contributed by atoms with van der Waals surface area (Å²) in [5.41, 5.74) is -0.926. The zero-order valence-electron chi connectivity index (χ0n) is 9.95. The van der Waals surface area contributed by atoms with Crippen LogP contribution in [0, 0.1) is 10.1 Å². The van der Waals surface area contributed by atoms with Gasteiger partial charge in [0.2, 0.25) is 5.15 Å². The van der Waals surface area contributed by atoms with Crippen LogP contribution >= 0.6 is 11.6 Å². The van der Waals surface area contributed by atoms with Crippen molar-refractivity contribution in [2.24, 2.45) is 0 Å². The third-order valence-corrected chi connectivity index (χ3v) is 2.57. The molecule has 10 heteroatoms. The van der Waals surface area contributed by atoms with E-state index in [1.54, 1.807) is 0 Å². The number of halogens is 1. The average molecular weight is 304 g/mol. The maximum absolute atomic E-state index is 11.7. The van der Waals surface area contributed by atoms with E-state index < -0.39 is 33.7 Å². The number of aliphatic carboxylic acids is 1. The Bertz CT molecular complexity index is 550. The van der Waals surface area contributed by atoms with E-state index in [1.807, 2.05) is 0 Å². The van der Waals surface area contributed by atoms with Gasteiger partial charge in [0.1, 0.15) is 5.56 Å². The molecule has 0 saturated carbocycles. The lowest BCUT2D eigenvalue weighted by molar-refractivity contribution is -0.385. The van der Waals surface area contributed by atoms with E-state index in [2.05, 4.69) is 10.3 Å². The molecule has 0 bridgehead atoms. The van der Waals surface area contributed by atoms with Crippen molar-refractivity contribution in [3.63, 3.8) is 0 Å². The van der Waals surface area contributed by atoms with Crippen molar-refractivity contribution >= 4 is 29.2 Å². The molecule has 108 valence electrons. The molecule has 0 aromatic carbocycles. The number of nitrogens with zero attached hydrogens (tertiary/aromatic N) is 2. The van der Waals surface area contributed by atoms with Gasteiger partial charge < -0.3 is 15.5 Å². The van der Waals surface area contributed by atoms with Crippen LogP contribution in [0.1, 0.15) is 16.8 Å². The average Bonchev–Trinajstić information content (AvgIpc) is 2.37. The quantitative estimate of drug-likeness (QED) is 0.387. The van der Waals surface area contributed by atoms with Crippen LogP contribution in [0.4, 0.5) is 5.69 Å². The summed E-state index contributed by atoms with van der Waals surface area (Å²) < 4.78 is 0. The van der Waals surface area contributed by atoms with E-state index in [-0.39, 0.29) is 18.5 Å². The van der Waals surface area contributed by atoms with Crippen LogP contribution in [0.3, 0.4) is 0 Å². The number of aromatic nitrogens is 1. The van der Waals surface area contributed by atoms with Gasteiger partial charge in [-0.1, -0.05) is 11.6 Å². The van der Waals surface area contributed by atoms with Gasteiger partial charge in [-0.3, -0.25) is 14.9 Å². The number of pyridine rings is 1. The highest BCUT2D eigenvalue weighted by atomic mass is 35.5. The molecule has 1 atom stereocenters. The molecule has 0 aliphatic carbocycles. The minimum absolute atomic E-state index is 0.163. The van der Waals surface area contributed by atoms with Gasteiger partial charge >= 0.3 is 11.7 Å². The first-order valence-corrected chi connectivity index (χ1v) is 5.70. The number of nitro groups is 1. The molecule has 1 amide bonds. The van der Waals surface area contributed by atoms with Crippen LogP contribution in [-0.4, -0.2) is 44.6 Å². The van der Waals surface area contributed by atoms with Gasteiger partial charge in [-0.25, -0.2) is 9.78 Å². The Morgan fingerprint density at radius 1 is 1.55 bits per heavy atom. The number of hydrogen-bond donors (Lipinski definition) is 3. The zero-order valence-corrected chi connectivity index (χ0v) is 10.7. The van der Waals surface area contributed by atoms with Crippen molar-refractivity contribution in [1.82, 2.24) is 10.3 Å². The summed E-state index contributed by atoms with van der Waals surface area (Å²) in [5.74, 6) is -2.23. The molecule has 1 aromatic rings. The fourth-order valence-corrected chi connectivity index (χ4v) is 1.55. The van der Waals surface area contributed by atoms with Crippen molar-refractivity contribution in [3.8, 4) is 0 Å². The Morgan fingerprint density at radius 3 is 2.75 bits per heavy atom. The highest BCUT2D eigenvalue weighted by molar-refractivity contribution is 6.32. The summed E-state index contributed by atoms with van der Waals surface area (Å²) in [4.78, 5) is 35.6. The number of carbonyl (C=O) groups is 2. The number of rotatable bonds is 6. The number of aliphatic hydroxyl groups is 1. The van der Waals surface area contributed by atoms with Crippen LogP contribution in [0.15, 0.2) is 12.3 Å². The van der Waals surface area contributed by atoms with E-state index >= 15 is 0 Å². The number of hydrogen-bond acceptors (Lipinski definition) is 6. The van der Waals surface area contributed by atoms with Gasteiger partial charge in [0.05, 0.1) is 4.92 Å². The van der Waals surface area contributed by atoms with Gasteiger partial charge in [-0.15, -0.1) is 0 Å². The van der Waals surface area contributed by atoms with Gasteiger partial charge in [0.25, 0.3) is 5.91 Å². The first-order chi connectivity index (χ1) is 9.34. The predicted molar refractivity (Wildman–Crippen MR) is 66.5 cm³/mol. The Morgan fingerprint density at radius 2 is 2.20 bits per heavy atom. The van der Waals surface area contributed by atoms with Gasteiger partial charge in [-0.2, -0.15) is 0 Å². The fourth-order valence-electron chi connectivity index (χ4n) is 1.33. The smallest absolute Gasteiger partial charge is 0.332 e. The zero-order chi connectivity index (χ0) is 15.3. The van der Waals surface area contributed by atoms with Crippen molar-refractivity contribution in [2.75, 3.05) is 6.54 Å². The van der Waals surface area contributed by atoms with Gasteiger partial charge in [-0.05, 0) is 6.07 Å². The number of aliphatic hydroxyl groups excluding tert-OH is 1. The number of nitrogens with one attached hydrogen (secondary N) is 1. The Balaban J connectivity index is 2.76. The SMILES string of the molecule is O=C(NCCC(O)C(=O)O)c1ccnc(Cl)c1[N+](=O)[O-]. The Hall–Kier alpha value is -2.26. The number of carboxylic acid groups (broad SMARTS) is 1. The highest BCUT2D eigenvalue weighted by Gasteiger charge is 2.24. The van der Waals surface area contributed by atoms with Crippen LogP contribution in [-0.2, 0) is 4.79 Å². The molecule has 1 rings (SSSR count). The van der Waals surface area contributed by atoms with Crippen LogP contribution < -0.4 is 5.32 Å². The molecular formula is C10H10ClN3O6. The molecule has 1 unspecified atom stereocenters. The van der Waals surface area contributed by atoms with Crippen molar-refractivity contribution in [3.05, 3.63) is 33.1 Å². The molecule has 20 heavy (non-hydrogen) atoms. The number of carbonyl (C=O) groups excluding carboxylic acids is 1. The normalized spacial score (nSPS) is 11.7. The summed E-state index contributed by atoms with van der Waals surface area (Å²) >= 11 is 5.54. The van der Waals surface area contributed by atoms with Crippen LogP contribution in [0.5, 0.6) is 0 Å². The van der Waals surface area contributed by atoms with E-state index in [9.17, 15) is 19.7 Å². The lowest BCUT2D eigenvalue weighted by atomic mass is 10.2. The topological polar surface area (TPSA) is 143 Å². The summed E-state index contributed by atoms with van der Waals surface area (Å²) in [6, 6.07) is 1.12. The minimum Gasteiger partial charge on any atom is -0.479 e. The molecule has 0 fully saturated rings. The Kier molecular flexibility index (Phi) is 5.35. The minimum atomic E-state index is -1.62. The lowest BCUT2D eigenvalue weighted by Crippen LogP contribution is -2.30. The monoisotopic (exact) mass is 303 g/mol. The predicted octanol–water partition coefficient (Wildman–Crippen LogP) is 0.209.